The minimum atomic E-state index is -4.73. The largest absolute Gasteiger partial charge is 0.497 e. The highest BCUT2D eigenvalue weighted by molar-refractivity contribution is 7.93. The number of nitrogens with zero attached hydrogens (tertiary/aromatic N) is 5. The number of aromatic nitrogens is 1. The number of carbonyl (C=O) groups excluding carboxylic acids is 2. The smallest absolute Gasteiger partial charge is 0.411 e. The number of amides is 2. The summed E-state index contributed by atoms with van der Waals surface area (Å²) in [7, 11) is -1.99. The number of anilines is 1. The topological polar surface area (TPSA) is 152 Å². The molecule has 2 saturated heterocycles. The zero-order valence-corrected chi connectivity index (χ0v) is 30.1. The minimum Gasteiger partial charge on any atom is -0.497 e. The fourth-order valence-corrected chi connectivity index (χ4v) is 9.17. The average Bonchev–Trinajstić information content (AvgIpc) is 3.42. The number of benzene rings is 2. The van der Waals surface area contributed by atoms with Gasteiger partial charge in [-0.1, -0.05) is 6.92 Å². The Morgan fingerprint density at radius 3 is 2.29 bits per heavy atom. The summed E-state index contributed by atoms with van der Waals surface area (Å²) in [6.07, 6.45) is 4.51. The van der Waals surface area contributed by atoms with Gasteiger partial charge in [-0.25, -0.2) is 18.2 Å². The van der Waals surface area contributed by atoms with Crippen LogP contribution in [0.25, 0.3) is 0 Å². The zero-order valence-electron chi connectivity index (χ0n) is 29.3. The van der Waals surface area contributed by atoms with Gasteiger partial charge in [-0.3, -0.25) is 4.79 Å². The lowest BCUT2D eigenvalue weighted by Gasteiger charge is -2.40. The number of pyridine rings is 1. The first-order chi connectivity index (χ1) is 24.6. The fraction of sp³-hybridized carbons (Fsp3) is 0.459. The number of hydrogen-bond donors (Lipinski definition) is 0. The summed E-state index contributed by atoms with van der Waals surface area (Å²) in [5.41, 5.74) is -2.33. The van der Waals surface area contributed by atoms with Crippen LogP contribution in [0.2, 0.25) is 0 Å². The van der Waals surface area contributed by atoms with Gasteiger partial charge in [0.05, 0.1) is 43.7 Å². The molecule has 0 spiro atoms. The van der Waals surface area contributed by atoms with Crippen LogP contribution in [0, 0.1) is 23.2 Å². The molecule has 3 aliphatic heterocycles. The van der Waals surface area contributed by atoms with Gasteiger partial charge in [0.1, 0.15) is 16.4 Å². The highest BCUT2D eigenvalue weighted by Crippen LogP contribution is 2.52. The van der Waals surface area contributed by atoms with Gasteiger partial charge in [0.2, 0.25) is 5.88 Å². The molecule has 6 rings (SSSR count). The summed E-state index contributed by atoms with van der Waals surface area (Å²) in [5, 5.41) is 9.93. The molecule has 1 aromatic heterocycles. The van der Waals surface area contributed by atoms with E-state index in [4.69, 9.17) is 18.9 Å². The summed E-state index contributed by atoms with van der Waals surface area (Å²) < 4.78 is 52.7. The van der Waals surface area contributed by atoms with Crippen molar-refractivity contribution >= 4 is 27.7 Å². The molecule has 2 aromatic carbocycles. The molecule has 2 fully saturated rings. The molecule has 270 valence electrons. The Morgan fingerprint density at radius 2 is 1.67 bits per heavy atom. The lowest BCUT2D eigenvalue weighted by Crippen LogP contribution is -2.50. The van der Waals surface area contributed by atoms with Gasteiger partial charge in [0.15, 0.2) is 0 Å². The van der Waals surface area contributed by atoms with E-state index in [0.717, 1.165) is 45.3 Å². The number of nitriles is 1. The first-order valence-electron chi connectivity index (χ1n) is 17.3. The second-order valence-corrected chi connectivity index (χ2v) is 14.6. The number of rotatable bonds is 10. The van der Waals surface area contributed by atoms with Crippen LogP contribution in [-0.4, -0.2) is 88.8 Å². The Balaban J connectivity index is 1.43. The minimum absolute atomic E-state index is 0.0116. The van der Waals surface area contributed by atoms with E-state index >= 15 is 4.79 Å². The molecule has 0 N–H and O–H groups in total. The molecule has 0 saturated carbocycles. The lowest BCUT2D eigenvalue weighted by atomic mass is 9.79. The molecule has 51 heavy (non-hydrogen) atoms. The van der Waals surface area contributed by atoms with Crippen LogP contribution in [0.4, 0.5) is 10.5 Å². The van der Waals surface area contributed by atoms with E-state index in [0.29, 0.717) is 35.0 Å². The molecule has 0 radical (unpaired) electrons. The maximum absolute atomic E-state index is 15.1. The maximum Gasteiger partial charge on any atom is 0.411 e. The molecule has 0 bridgehead atoms. The monoisotopic (exact) mass is 717 g/mol. The standard InChI is InChI=1S/C37H43N5O8S/c1-5-40-18-13-26(14-19-40)27-15-20-41(21-16-27)36(44)50-37(29-8-7-17-39-34(29)49-6-2)30-22-25(24-38)9-11-31(30)42(35(37)43)51(45,46)33-12-10-28(47-3)23-32(33)48-4/h7-12,17,22-23,26-27H,5-6,13-16,18-21H2,1-4H3. The number of likely N-dealkylation sites (tertiary alicyclic amines) is 2. The quantitative estimate of drug-likeness (QED) is 0.281. The molecule has 1 unspecified atom stereocenters. The molecular weight excluding hydrogens is 675 g/mol. The fourth-order valence-electron chi connectivity index (χ4n) is 7.57. The van der Waals surface area contributed by atoms with Crippen molar-refractivity contribution in [1.29, 1.82) is 5.26 Å². The SMILES string of the molecule is CCOc1ncccc1C1(OC(=O)N2CCC(C3CCN(CC)CC3)CC2)C(=O)N(S(=O)(=O)c2ccc(OC)cc2OC)c2ccc(C#N)cc21. The first-order valence-corrected chi connectivity index (χ1v) is 18.7. The number of fused-ring (bicyclic) bond motifs is 1. The number of sulfonamides is 1. The number of hydrogen-bond acceptors (Lipinski definition) is 11. The van der Waals surface area contributed by atoms with Crippen LogP contribution in [0.15, 0.2) is 59.6 Å². The van der Waals surface area contributed by atoms with Gasteiger partial charge in [-0.15, -0.1) is 0 Å². The summed E-state index contributed by atoms with van der Waals surface area (Å²) in [4.78, 5) is 37.5. The van der Waals surface area contributed by atoms with Gasteiger partial charge < -0.3 is 28.7 Å². The van der Waals surface area contributed by atoms with Gasteiger partial charge >= 0.3 is 6.09 Å². The van der Waals surface area contributed by atoms with Crippen molar-refractivity contribution in [3.8, 4) is 23.4 Å². The van der Waals surface area contributed by atoms with Crippen molar-refractivity contribution < 1.29 is 37.0 Å². The Morgan fingerprint density at radius 1 is 0.961 bits per heavy atom. The van der Waals surface area contributed by atoms with Crippen LogP contribution in [0.5, 0.6) is 17.4 Å². The maximum atomic E-state index is 15.1. The zero-order chi connectivity index (χ0) is 36.3. The van der Waals surface area contributed by atoms with Crippen molar-refractivity contribution in [2.24, 2.45) is 11.8 Å². The van der Waals surface area contributed by atoms with Crippen molar-refractivity contribution in [2.75, 3.05) is 57.9 Å². The number of methoxy groups -OCH3 is 2. The van der Waals surface area contributed by atoms with E-state index < -0.39 is 27.6 Å². The molecule has 0 aliphatic carbocycles. The van der Waals surface area contributed by atoms with Gasteiger partial charge in [0.25, 0.3) is 21.5 Å². The highest BCUT2D eigenvalue weighted by atomic mass is 32.2. The molecular formula is C37H43N5O8S. The van der Waals surface area contributed by atoms with E-state index in [2.05, 4.69) is 22.9 Å². The van der Waals surface area contributed by atoms with Crippen molar-refractivity contribution in [3.05, 3.63) is 71.4 Å². The van der Waals surface area contributed by atoms with Crippen LogP contribution in [-0.2, 0) is 25.2 Å². The second kappa shape index (κ2) is 14.8. The van der Waals surface area contributed by atoms with Gasteiger partial charge in [-0.05, 0) is 107 Å². The Labute approximate surface area is 298 Å². The van der Waals surface area contributed by atoms with Gasteiger partial charge in [-0.2, -0.15) is 9.57 Å². The number of piperidine rings is 2. The summed E-state index contributed by atoms with van der Waals surface area (Å²) in [5.74, 6) is 0.220. The second-order valence-electron chi connectivity index (χ2n) is 12.9. The molecule has 3 aromatic rings. The van der Waals surface area contributed by atoms with Crippen LogP contribution in [0.3, 0.4) is 0 Å². The summed E-state index contributed by atoms with van der Waals surface area (Å²) in [6.45, 7) is 8.11. The van der Waals surface area contributed by atoms with Crippen molar-refractivity contribution in [1.82, 2.24) is 14.8 Å². The van der Waals surface area contributed by atoms with E-state index in [-0.39, 0.29) is 45.5 Å². The average molecular weight is 718 g/mol. The molecule has 4 heterocycles. The van der Waals surface area contributed by atoms with E-state index in [1.54, 1.807) is 17.9 Å². The normalized spacial score (nSPS) is 20.1. The summed E-state index contributed by atoms with van der Waals surface area (Å²) >= 11 is 0. The number of ether oxygens (including phenoxy) is 4. The highest BCUT2D eigenvalue weighted by Gasteiger charge is 2.61. The van der Waals surface area contributed by atoms with Crippen molar-refractivity contribution in [2.45, 2.75) is 50.0 Å². The van der Waals surface area contributed by atoms with Crippen LogP contribution >= 0.6 is 0 Å². The molecule has 1 atom stereocenters. The van der Waals surface area contributed by atoms with Gasteiger partial charge in [0, 0.05) is 30.9 Å². The third kappa shape index (κ3) is 6.45. The molecule has 13 nitrogen and oxygen atoms in total. The predicted molar refractivity (Wildman–Crippen MR) is 187 cm³/mol. The van der Waals surface area contributed by atoms with E-state index in [1.807, 2.05) is 0 Å². The molecule has 14 heteroatoms. The Bertz CT molecular complexity index is 1930. The van der Waals surface area contributed by atoms with E-state index in [1.165, 1.54) is 62.9 Å². The number of carbonyl (C=O) groups is 2. The van der Waals surface area contributed by atoms with E-state index in [9.17, 15) is 18.5 Å². The molecule has 3 aliphatic rings. The summed E-state index contributed by atoms with van der Waals surface area (Å²) in [6, 6.07) is 13.4. The van der Waals surface area contributed by atoms with Crippen LogP contribution < -0.4 is 18.5 Å². The van der Waals surface area contributed by atoms with Crippen molar-refractivity contribution in [3.63, 3.8) is 0 Å². The Kier molecular flexibility index (Phi) is 10.4. The molecule has 2 amide bonds. The third-order valence-corrected chi connectivity index (χ3v) is 12.1. The first kappa shape index (κ1) is 35.9. The third-order valence-electron chi connectivity index (χ3n) is 10.3. The predicted octanol–water partition coefficient (Wildman–Crippen LogP) is 4.93. The van der Waals surface area contributed by atoms with Crippen LogP contribution in [0.1, 0.15) is 56.2 Å². The Hall–Kier alpha value is -4.87. The lowest BCUT2D eigenvalue weighted by molar-refractivity contribution is -0.132.